The lowest BCUT2D eigenvalue weighted by atomic mass is 10.2. The van der Waals surface area contributed by atoms with Crippen LogP contribution >= 0.6 is 0 Å². The highest BCUT2D eigenvalue weighted by atomic mass is 16.4. The maximum absolute atomic E-state index is 11.8. The van der Waals surface area contributed by atoms with Crippen molar-refractivity contribution in [3.8, 4) is 0 Å². The molecule has 1 rings (SSSR count). The average Bonchev–Trinajstić information content (AvgIpc) is 2.37. The Bertz CT molecular complexity index is 352. The molecule has 0 radical (unpaired) electrons. The molecule has 8 nitrogen and oxygen atoms in total. The summed E-state index contributed by atoms with van der Waals surface area (Å²) in [5.41, 5.74) is 0. The standard InChI is InChI=1S/C11H19N3O5/c1-2-13-3-5-14(6-4-13)11(19)12-8(10(17)18)7-9(15)16/h8H,2-7H2,1H3,(H,12,19)(H,15,16)(H,17,18). The second-order valence-corrected chi connectivity index (χ2v) is 4.36. The number of aliphatic carboxylic acids is 2. The summed E-state index contributed by atoms with van der Waals surface area (Å²) in [6, 6.07) is -1.92. The number of rotatable bonds is 5. The van der Waals surface area contributed by atoms with Crippen LogP contribution in [0.2, 0.25) is 0 Å². The van der Waals surface area contributed by atoms with E-state index in [0.29, 0.717) is 13.1 Å². The zero-order valence-corrected chi connectivity index (χ0v) is 10.8. The van der Waals surface area contributed by atoms with Gasteiger partial charge in [-0.25, -0.2) is 9.59 Å². The fourth-order valence-electron chi connectivity index (χ4n) is 1.88. The van der Waals surface area contributed by atoms with Crippen LogP contribution in [0.4, 0.5) is 4.79 Å². The summed E-state index contributed by atoms with van der Waals surface area (Å²) in [5, 5.41) is 19.7. The summed E-state index contributed by atoms with van der Waals surface area (Å²) in [7, 11) is 0. The summed E-state index contributed by atoms with van der Waals surface area (Å²) >= 11 is 0. The summed E-state index contributed by atoms with van der Waals surface area (Å²) in [4.78, 5) is 36.9. The topological polar surface area (TPSA) is 110 Å². The smallest absolute Gasteiger partial charge is 0.326 e. The monoisotopic (exact) mass is 273 g/mol. The molecular weight excluding hydrogens is 254 g/mol. The minimum absolute atomic E-state index is 0.513. The van der Waals surface area contributed by atoms with Crippen molar-refractivity contribution in [2.75, 3.05) is 32.7 Å². The van der Waals surface area contributed by atoms with Crippen LogP contribution < -0.4 is 5.32 Å². The molecule has 1 aliphatic heterocycles. The molecule has 2 amide bonds. The Morgan fingerprint density at radius 2 is 1.74 bits per heavy atom. The number of likely N-dealkylation sites (N-methyl/N-ethyl adjacent to an activating group) is 1. The van der Waals surface area contributed by atoms with Crippen LogP contribution in [0, 0.1) is 0 Å². The molecule has 0 spiro atoms. The van der Waals surface area contributed by atoms with Crippen LogP contribution in [-0.4, -0.2) is 76.7 Å². The van der Waals surface area contributed by atoms with E-state index in [1.807, 2.05) is 6.92 Å². The molecule has 3 N–H and O–H groups in total. The lowest BCUT2D eigenvalue weighted by Crippen LogP contribution is -2.54. The number of nitrogens with zero attached hydrogens (tertiary/aromatic N) is 2. The first-order chi connectivity index (χ1) is 8.93. The molecule has 1 saturated heterocycles. The predicted molar refractivity (Wildman–Crippen MR) is 65.9 cm³/mol. The van der Waals surface area contributed by atoms with E-state index in [1.165, 1.54) is 4.90 Å². The fourth-order valence-corrected chi connectivity index (χ4v) is 1.88. The van der Waals surface area contributed by atoms with Gasteiger partial charge in [-0.1, -0.05) is 6.92 Å². The number of nitrogens with one attached hydrogen (secondary N) is 1. The zero-order chi connectivity index (χ0) is 14.4. The van der Waals surface area contributed by atoms with E-state index in [9.17, 15) is 14.4 Å². The van der Waals surface area contributed by atoms with Gasteiger partial charge >= 0.3 is 18.0 Å². The normalized spacial score (nSPS) is 17.8. The van der Waals surface area contributed by atoms with Crippen LogP contribution in [0.1, 0.15) is 13.3 Å². The van der Waals surface area contributed by atoms with Gasteiger partial charge in [0, 0.05) is 26.2 Å². The van der Waals surface area contributed by atoms with E-state index in [2.05, 4.69) is 10.2 Å². The molecule has 0 aromatic carbocycles. The molecule has 0 bridgehead atoms. The lowest BCUT2D eigenvalue weighted by molar-refractivity contribution is -0.145. The first kappa shape index (κ1) is 15.2. The molecular formula is C11H19N3O5. The molecule has 1 atom stereocenters. The number of hydrogen-bond donors (Lipinski definition) is 3. The van der Waals surface area contributed by atoms with Gasteiger partial charge in [-0.15, -0.1) is 0 Å². The minimum Gasteiger partial charge on any atom is -0.481 e. The summed E-state index contributed by atoms with van der Waals surface area (Å²) in [6.45, 7) is 5.44. The largest absolute Gasteiger partial charge is 0.481 e. The van der Waals surface area contributed by atoms with Gasteiger partial charge in [0.15, 0.2) is 0 Å². The fraction of sp³-hybridized carbons (Fsp3) is 0.727. The van der Waals surface area contributed by atoms with Gasteiger partial charge in [0.2, 0.25) is 0 Å². The molecule has 1 heterocycles. The SMILES string of the molecule is CCN1CCN(C(=O)NC(CC(=O)O)C(=O)O)CC1. The third kappa shape index (κ3) is 4.74. The van der Waals surface area contributed by atoms with Crippen molar-refractivity contribution in [1.82, 2.24) is 15.1 Å². The predicted octanol–water partition coefficient (Wildman–Crippen LogP) is -0.739. The number of carboxylic acid groups (broad SMARTS) is 2. The van der Waals surface area contributed by atoms with Crippen molar-refractivity contribution in [1.29, 1.82) is 0 Å². The highest BCUT2D eigenvalue weighted by Gasteiger charge is 2.27. The van der Waals surface area contributed by atoms with Gasteiger partial charge in [-0.05, 0) is 6.54 Å². The summed E-state index contributed by atoms with van der Waals surface area (Å²) in [6.07, 6.45) is -0.629. The zero-order valence-electron chi connectivity index (χ0n) is 10.8. The van der Waals surface area contributed by atoms with Crippen LogP contribution in [-0.2, 0) is 9.59 Å². The van der Waals surface area contributed by atoms with Crippen molar-refractivity contribution >= 4 is 18.0 Å². The highest BCUT2D eigenvalue weighted by Crippen LogP contribution is 2.03. The number of urea groups is 1. The number of hydrogen-bond acceptors (Lipinski definition) is 4. The Morgan fingerprint density at radius 3 is 2.16 bits per heavy atom. The molecule has 1 unspecified atom stereocenters. The van der Waals surface area contributed by atoms with Gasteiger partial charge in [0.25, 0.3) is 0 Å². The Labute approximate surface area is 111 Å². The van der Waals surface area contributed by atoms with Crippen molar-refractivity contribution in [3.05, 3.63) is 0 Å². The Kier molecular flexibility index (Phi) is 5.56. The van der Waals surface area contributed by atoms with E-state index in [4.69, 9.17) is 10.2 Å². The van der Waals surface area contributed by atoms with Crippen molar-refractivity contribution < 1.29 is 24.6 Å². The van der Waals surface area contributed by atoms with E-state index in [-0.39, 0.29) is 0 Å². The number of amides is 2. The van der Waals surface area contributed by atoms with E-state index in [0.717, 1.165) is 19.6 Å². The quantitative estimate of drug-likeness (QED) is 0.608. The summed E-state index contributed by atoms with van der Waals surface area (Å²) < 4.78 is 0. The molecule has 1 fully saturated rings. The van der Waals surface area contributed by atoms with Gasteiger partial charge < -0.3 is 25.3 Å². The maximum Gasteiger partial charge on any atom is 0.326 e. The Morgan fingerprint density at radius 1 is 1.16 bits per heavy atom. The number of carbonyl (C=O) groups excluding carboxylic acids is 1. The van der Waals surface area contributed by atoms with Crippen molar-refractivity contribution in [2.45, 2.75) is 19.4 Å². The third-order valence-corrected chi connectivity index (χ3v) is 3.08. The average molecular weight is 273 g/mol. The molecule has 0 aromatic heterocycles. The van der Waals surface area contributed by atoms with Crippen LogP contribution in [0.15, 0.2) is 0 Å². The Hall–Kier alpha value is -1.83. The molecule has 8 heteroatoms. The van der Waals surface area contributed by atoms with Crippen LogP contribution in [0.3, 0.4) is 0 Å². The molecule has 0 aromatic rings. The van der Waals surface area contributed by atoms with Gasteiger partial charge in [0.05, 0.1) is 6.42 Å². The second-order valence-electron chi connectivity index (χ2n) is 4.36. The van der Waals surface area contributed by atoms with Crippen molar-refractivity contribution in [2.24, 2.45) is 0 Å². The third-order valence-electron chi connectivity index (χ3n) is 3.08. The molecule has 0 saturated carbocycles. The van der Waals surface area contributed by atoms with E-state index < -0.39 is 30.4 Å². The van der Waals surface area contributed by atoms with Crippen LogP contribution in [0.5, 0.6) is 0 Å². The van der Waals surface area contributed by atoms with E-state index >= 15 is 0 Å². The molecule has 1 aliphatic rings. The minimum atomic E-state index is -1.39. The number of carbonyl (C=O) groups is 3. The van der Waals surface area contributed by atoms with Gasteiger partial charge in [0.1, 0.15) is 6.04 Å². The van der Waals surface area contributed by atoms with E-state index in [1.54, 1.807) is 0 Å². The first-order valence-corrected chi connectivity index (χ1v) is 6.16. The maximum atomic E-state index is 11.8. The van der Waals surface area contributed by atoms with Gasteiger partial charge in [-0.3, -0.25) is 4.79 Å². The number of carboxylic acids is 2. The van der Waals surface area contributed by atoms with Crippen LogP contribution in [0.25, 0.3) is 0 Å². The molecule has 0 aliphatic carbocycles. The van der Waals surface area contributed by atoms with Crippen molar-refractivity contribution in [3.63, 3.8) is 0 Å². The Balaban J connectivity index is 2.48. The lowest BCUT2D eigenvalue weighted by Gasteiger charge is -2.34. The molecule has 19 heavy (non-hydrogen) atoms. The second kappa shape index (κ2) is 6.93. The number of piperazine rings is 1. The summed E-state index contributed by atoms with van der Waals surface area (Å²) in [5.74, 6) is -2.61. The highest BCUT2D eigenvalue weighted by molar-refractivity contribution is 5.86. The molecule has 108 valence electrons. The first-order valence-electron chi connectivity index (χ1n) is 6.16. The van der Waals surface area contributed by atoms with Gasteiger partial charge in [-0.2, -0.15) is 0 Å².